The molecule has 5 nitrogen and oxygen atoms in total. The van der Waals surface area contributed by atoms with E-state index in [1.807, 2.05) is 13.8 Å². The maximum Gasteiger partial charge on any atom is 0.256 e. The zero-order chi connectivity index (χ0) is 21.1. The van der Waals surface area contributed by atoms with Crippen LogP contribution in [0.4, 0.5) is 4.39 Å². The first-order chi connectivity index (χ1) is 14.5. The quantitative estimate of drug-likeness (QED) is 0.667. The van der Waals surface area contributed by atoms with E-state index in [0.717, 1.165) is 35.4 Å². The van der Waals surface area contributed by atoms with Crippen molar-refractivity contribution in [2.75, 3.05) is 0 Å². The number of benzene rings is 1. The van der Waals surface area contributed by atoms with Crippen LogP contribution < -0.4 is 5.32 Å². The Morgan fingerprint density at radius 2 is 1.77 bits per heavy atom. The predicted molar refractivity (Wildman–Crippen MR) is 115 cm³/mol. The van der Waals surface area contributed by atoms with Crippen LogP contribution >= 0.6 is 0 Å². The summed E-state index contributed by atoms with van der Waals surface area (Å²) >= 11 is 0. The summed E-state index contributed by atoms with van der Waals surface area (Å²) in [5.41, 5.74) is 4.99. The molecule has 1 saturated carbocycles. The van der Waals surface area contributed by atoms with Gasteiger partial charge in [0.25, 0.3) is 5.91 Å². The summed E-state index contributed by atoms with van der Waals surface area (Å²) in [6.07, 6.45) is 10.5. The van der Waals surface area contributed by atoms with E-state index < -0.39 is 0 Å². The maximum absolute atomic E-state index is 13.2. The molecular formula is C24H29FN4O. The third-order valence-corrected chi connectivity index (χ3v) is 6.19. The van der Waals surface area contributed by atoms with Crippen LogP contribution in [0.5, 0.6) is 0 Å². The van der Waals surface area contributed by atoms with E-state index in [4.69, 9.17) is 4.98 Å². The normalized spacial score (nSPS) is 15.7. The lowest BCUT2D eigenvalue weighted by Crippen LogP contribution is -2.35. The Morgan fingerprint density at radius 1 is 1.10 bits per heavy atom. The second-order valence-corrected chi connectivity index (χ2v) is 8.37. The second kappa shape index (κ2) is 8.94. The summed E-state index contributed by atoms with van der Waals surface area (Å²) in [6.45, 7) is 3.94. The molecule has 0 saturated heterocycles. The molecule has 158 valence electrons. The topological polar surface area (TPSA) is 59.3 Å². The Labute approximate surface area is 176 Å². The molecule has 2 heterocycles. The number of hydrogen-bond acceptors (Lipinski definition) is 3. The van der Waals surface area contributed by atoms with Crippen LogP contribution in [0.25, 0.3) is 5.65 Å². The van der Waals surface area contributed by atoms with E-state index >= 15 is 0 Å². The number of aromatic nitrogens is 3. The van der Waals surface area contributed by atoms with Crippen LogP contribution in [0.1, 0.15) is 77.8 Å². The highest BCUT2D eigenvalue weighted by atomic mass is 19.1. The molecule has 1 aliphatic rings. The van der Waals surface area contributed by atoms with Gasteiger partial charge >= 0.3 is 0 Å². The third-order valence-electron chi connectivity index (χ3n) is 6.19. The fraction of sp³-hybridized carbons (Fsp3) is 0.458. The predicted octanol–water partition coefficient (Wildman–Crippen LogP) is 4.92. The summed E-state index contributed by atoms with van der Waals surface area (Å²) in [6, 6.07) is 6.74. The number of amides is 1. The summed E-state index contributed by atoms with van der Waals surface area (Å²) < 4.78 is 15.0. The largest absolute Gasteiger partial charge is 0.349 e. The van der Waals surface area contributed by atoms with Crippen molar-refractivity contribution in [3.63, 3.8) is 0 Å². The highest BCUT2D eigenvalue weighted by Crippen LogP contribution is 2.22. The Balaban J connectivity index is 1.58. The third kappa shape index (κ3) is 4.37. The lowest BCUT2D eigenvalue weighted by Gasteiger charge is -2.20. The zero-order valence-corrected chi connectivity index (χ0v) is 17.7. The average molecular weight is 409 g/mol. The molecule has 0 unspecified atom stereocenters. The van der Waals surface area contributed by atoms with Crippen LogP contribution in [0.15, 0.2) is 30.5 Å². The van der Waals surface area contributed by atoms with Gasteiger partial charge in [0.05, 0.1) is 6.20 Å². The van der Waals surface area contributed by atoms with Crippen molar-refractivity contribution in [2.24, 2.45) is 0 Å². The van der Waals surface area contributed by atoms with E-state index in [1.165, 1.54) is 44.2 Å². The smallest absolute Gasteiger partial charge is 0.256 e. The molecule has 1 aromatic carbocycles. The molecule has 1 aliphatic carbocycles. The van der Waals surface area contributed by atoms with E-state index in [0.29, 0.717) is 17.6 Å². The summed E-state index contributed by atoms with van der Waals surface area (Å²) in [5.74, 6) is -0.332. The number of rotatable bonds is 4. The summed E-state index contributed by atoms with van der Waals surface area (Å²) in [5, 5.41) is 7.67. The van der Waals surface area contributed by atoms with Crippen LogP contribution in [-0.2, 0) is 6.42 Å². The molecule has 0 bridgehead atoms. The maximum atomic E-state index is 13.2. The SMILES string of the molecule is Cc1nc2c(C(=O)NC3CCCCCCC3)cnn2c(C)c1Cc1ccc(F)cc1. The Hall–Kier alpha value is -2.76. The number of nitrogens with one attached hydrogen (secondary N) is 1. The number of carbonyl (C=O) groups excluding carboxylic acids is 1. The first kappa shape index (κ1) is 20.5. The van der Waals surface area contributed by atoms with Gasteiger partial charge in [0, 0.05) is 23.9 Å². The fourth-order valence-electron chi connectivity index (χ4n) is 4.40. The van der Waals surface area contributed by atoms with Crippen LogP contribution in [0, 0.1) is 19.7 Å². The van der Waals surface area contributed by atoms with Crippen LogP contribution in [0.2, 0.25) is 0 Å². The first-order valence-corrected chi connectivity index (χ1v) is 10.9. The molecule has 30 heavy (non-hydrogen) atoms. The van der Waals surface area contributed by atoms with Gasteiger partial charge in [-0.2, -0.15) is 5.10 Å². The van der Waals surface area contributed by atoms with E-state index in [2.05, 4.69) is 10.4 Å². The lowest BCUT2D eigenvalue weighted by atomic mass is 9.96. The van der Waals surface area contributed by atoms with Crippen molar-refractivity contribution in [3.8, 4) is 0 Å². The molecule has 2 aromatic heterocycles. The highest BCUT2D eigenvalue weighted by molar-refractivity contribution is 5.99. The van der Waals surface area contributed by atoms with Crippen molar-refractivity contribution >= 4 is 11.6 Å². The zero-order valence-electron chi connectivity index (χ0n) is 17.7. The monoisotopic (exact) mass is 408 g/mol. The van der Waals surface area contributed by atoms with Gasteiger partial charge in [0.2, 0.25) is 0 Å². The van der Waals surface area contributed by atoms with Crippen molar-refractivity contribution in [3.05, 3.63) is 64.4 Å². The molecule has 0 radical (unpaired) electrons. The summed E-state index contributed by atoms with van der Waals surface area (Å²) in [7, 11) is 0. The average Bonchev–Trinajstić information content (AvgIpc) is 3.12. The molecule has 6 heteroatoms. The standard InChI is InChI=1S/C24H29FN4O/c1-16-21(14-18-10-12-19(25)13-11-18)17(2)29-23(27-16)22(15-26-29)24(30)28-20-8-6-4-3-5-7-9-20/h10-13,15,20H,3-9,14H2,1-2H3,(H,28,30). The van der Waals surface area contributed by atoms with Gasteiger partial charge in [0.1, 0.15) is 11.4 Å². The number of hydrogen-bond donors (Lipinski definition) is 1. The molecule has 4 rings (SSSR count). The lowest BCUT2D eigenvalue weighted by molar-refractivity contribution is 0.0932. The van der Waals surface area contributed by atoms with Gasteiger partial charge in [-0.25, -0.2) is 13.9 Å². The van der Waals surface area contributed by atoms with Gasteiger partial charge in [0.15, 0.2) is 5.65 Å². The van der Waals surface area contributed by atoms with E-state index in [9.17, 15) is 9.18 Å². The Kier molecular flexibility index (Phi) is 6.11. The van der Waals surface area contributed by atoms with Gasteiger partial charge in [-0.1, -0.05) is 44.2 Å². The van der Waals surface area contributed by atoms with Crippen LogP contribution in [0.3, 0.4) is 0 Å². The van der Waals surface area contributed by atoms with Crippen molar-refractivity contribution in [1.29, 1.82) is 0 Å². The Bertz CT molecular complexity index is 1030. The molecule has 1 fully saturated rings. The number of nitrogens with zero attached hydrogens (tertiary/aromatic N) is 3. The second-order valence-electron chi connectivity index (χ2n) is 8.37. The van der Waals surface area contributed by atoms with Gasteiger partial charge < -0.3 is 5.32 Å². The fourth-order valence-corrected chi connectivity index (χ4v) is 4.40. The molecular weight excluding hydrogens is 379 g/mol. The van der Waals surface area contributed by atoms with Crippen molar-refractivity contribution < 1.29 is 9.18 Å². The highest BCUT2D eigenvalue weighted by Gasteiger charge is 2.21. The molecule has 0 atom stereocenters. The molecule has 0 spiro atoms. The number of aryl methyl sites for hydroxylation is 2. The van der Waals surface area contributed by atoms with Gasteiger partial charge in [-0.3, -0.25) is 4.79 Å². The summed E-state index contributed by atoms with van der Waals surface area (Å²) in [4.78, 5) is 17.7. The minimum atomic E-state index is -0.243. The molecule has 1 amide bonds. The molecule has 3 aromatic rings. The van der Waals surface area contributed by atoms with Gasteiger partial charge in [-0.15, -0.1) is 0 Å². The van der Waals surface area contributed by atoms with Gasteiger partial charge in [-0.05, 0) is 49.9 Å². The molecule has 0 aliphatic heterocycles. The minimum absolute atomic E-state index is 0.0897. The number of carbonyl (C=O) groups is 1. The van der Waals surface area contributed by atoms with Crippen molar-refractivity contribution in [1.82, 2.24) is 19.9 Å². The van der Waals surface area contributed by atoms with E-state index in [-0.39, 0.29) is 17.8 Å². The van der Waals surface area contributed by atoms with Crippen molar-refractivity contribution in [2.45, 2.75) is 71.3 Å². The number of halogens is 1. The number of fused-ring (bicyclic) bond motifs is 1. The Morgan fingerprint density at radius 3 is 2.47 bits per heavy atom. The van der Waals surface area contributed by atoms with Crippen LogP contribution in [-0.4, -0.2) is 26.5 Å². The van der Waals surface area contributed by atoms with E-state index in [1.54, 1.807) is 22.8 Å². The molecule has 1 N–H and O–H groups in total. The minimum Gasteiger partial charge on any atom is -0.349 e. The first-order valence-electron chi connectivity index (χ1n) is 10.9.